The summed E-state index contributed by atoms with van der Waals surface area (Å²) in [5, 5.41) is 7.20. The van der Waals surface area contributed by atoms with Crippen molar-refractivity contribution in [2.45, 2.75) is 18.9 Å². The number of likely N-dealkylation sites (N-methyl/N-ethyl adjacent to an activating group) is 1. The zero-order valence-electron chi connectivity index (χ0n) is 11.2. The number of benzene rings is 1. The molecule has 2 unspecified atom stereocenters. The van der Waals surface area contributed by atoms with Crippen LogP contribution < -0.4 is 5.32 Å². The Kier molecular flexibility index (Phi) is 3.75. The molecule has 0 spiro atoms. The van der Waals surface area contributed by atoms with Gasteiger partial charge < -0.3 is 14.6 Å². The Balaban J connectivity index is 1.85. The van der Waals surface area contributed by atoms with Crippen LogP contribution in [0.4, 0.5) is 4.39 Å². The third kappa shape index (κ3) is 2.44. The van der Waals surface area contributed by atoms with Gasteiger partial charge in [-0.2, -0.15) is 4.98 Å². The predicted molar refractivity (Wildman–Crippen MR) is 70.7 cm³/mol. The molecule has 2 heterocycles. The zero-order valence-corrected chi connectivity index (χ0v) is 11.2. The fraction of sp³-hybridized carbons (Fsp3) is 0.429. The minimum absolute atomic E-state index is 0.0166. The average Bonchev–Trinajstić information content (AvgIpc) is 3.08. The molecule has 2 atom stereocenters. The lowest BCUT2D eigenvalue weighted by Crippen LogP contribution is -2.34. The number of hydrogen-bond donors (Lipinski definition) is 1. The van der Waals surface area contributed by atoms with Gasteiger partial charge in [-0.1, -0.05) is 24.2 Å². The minimum atomic E-state index is -0.356. The van der Waals surface area contributed by atoms with E-state index in [4.69, 9.17) is 9.26 Å². The van der Waals surface area contributed by atoms with Crippen molar-refractivity contribution >= 4 is 0 Å². The summed E-state index contributed by atoms with van der Waals surface area (Å²) in [6.07, 6.45) is 0. The number of hydrogen-bond acceptors (Lipinski definition) is 5. The molecule has 1 aromatic heterocycles. The van der Waals surface area contributed by atoms with Crippen molar-refractivity contribution in [2.75, 3.05) is 19.8 Å². The van der Waals surface area contributed by atoms with Gasteiger partial charge >= 0.3 is 0 Å². The van der Waals surface area contributed by atoms with Crippen LogP contribution in [0.25, 0.3) is 11.4 Å². The maximum absolute atomic E-state index is 13.7. The first-order chi connectivity index (χ1) is 9.79. The molecule has 0 aliphatic carbocycles. The molecular weight excluding hydrogens is 261 g/mol. The van der Waals surface area contributed by atoms with E-state index in [0.29, 0.717) is 24.7 Å². The maximum atomic E-state index is 13.7. The highest BCUT2D eigenvalue weighted by atomic mass is 19.1. The minimum Gasteiger partial charge on any atom is -0.379 e. The highest BCUT2D eigenvalue weighted by Gasteiger charge is 2.33. The van der Waals surface area contributed by atoms with E-state index in [9.17, 15) is 4.39 Å². The smallest absolute Gasteiger partial charge is 0.234 e. The summed E-state index contributed by atoms with van der Waals surface area (Å²) in [7, 11) is 0. The Morgan fingerprint density at radius 2 is 2.20 bits per heavy atom. The van der Waals surface area contributed by atoms with Crippen LogP contribution in [0.5, 0.6) is 0 Å². The fourth-order valence-corrected chi connectivity index (χ4v) is 2.40. The van der Waals surface area contributed by atoms with Crippen LogP contribution in [0.3, 0.4) is 0 Å². The molecular formula is C14H16FN3O2. The SMILES string of the molecule is CCNC1COCC1c1nc(-c2ccccc2F)no1. The fourth-order valence-electron chi connectivity index (χ4n) is 2.40. The van der Waals surface area contributed by atoms with Crippen LogP contribution in [0, 0.1) is 5.82 Å². The van der Waals surface area contributed by atoms with Gasteiger partial charge in [-0.25, -0.2) is 4.39 Å². The van der Waals surface area contributed by atoms with Crippen LogP contribution in [0.15, 0.2) is 28.8 Å². The molecule has 0 bridgehead atoms. The molecule has 20 heavy (non-hydrogen) atoms. The summed E-state index contributed by atoms with van der Waals surface area (Å²) < 4.78 is 24.4. The summed E-state index contributed by atoms with van der Waals surface area (Å²) in [6.45, 7) is 4.04. The largest absolute Gasteiger partial charge is 0.379 e. The van der Waals surface area contributed by atoms with Gasteiger partial charge in [-0.3, -0.25) is 0 Å². The molecule has 1 aromatic carbocycles. The number of aromatic nitrogens is 2. The average molecular weight is 277 g/mol. The molecule has 3 rings (SSSR count). The van der Waals surface area contributed by atoms with E-state index in [2.05, 4.69) is 15.5 Å². The van der Waals surface area contributed by atoms with Gasteiger partial charge in [0, 0.05) is 6.04 Å². The van der Waals surface area contributed by atoms with E-state index < -0.39 is 0 Å². The Hall–Kier alpha value is -1.79. The summed E-state index contributed by atoms with van der Waals surface area (Å²) >= 11 is 0. The standard InChI is InChI=1S/C14H16FN3O2/c1-2-16-12-8-19-7-10(12)14-17-13(18-20-14)9-5-3-4-6-11(9)15/h3-6,10,12,16H,2,7-8H2,1H3. The second-order valence-electron chi connectivity index (χ2n) is 4.74. The molecule has 1 aliphatic heterocycles. The van der Waals surface area contributed by atoms with Gasteiger partial charge in [-0.05, 0) is 18.7 Å². The molecule has 1 aliphatic rings. The third-order valence-corrected chi connectivity index (χ3v) is 3.42. The van der Waals surface area contributed by atoms with Crippen molar-refractivity contribution in [2.24, 2.45) is 0 Å². The zero-order chi connectivity index (χ0) is 13.9. The van der Waals surface area contributed by atoms with Gasteiger partial charge in [-0.15, -0.1) is 0 Å². The van der Waals surface area contributed by atoms with Crippen molar-refractivity contribution in [3.05, 3.63) is 36.0 Å². The predicted octanol–water partition coefficient (Wildman–Crippen LogP) is 1.97. The second-order valence-corrected chi connectivity index (χ2v) is 4.74. The van der Waals surface area contributed by atoms with E-state index in [1.807, 2.05) is 6.92 Å². The van der Waals surface area contributed by atoms with Crippen molar-refractivity contribution in [1.29, 1.82) is 0 Å². The number of ether oxygens (including phenoxy) is 1. The van der Waals surface area contributed by atoms with Crippen molar-refractivity contribution in [3.8, 4) is 11.4 Å². The quantitative estimate of drug-likeness (QED) is 0.925. The molecule has 1 N–H and O–H groups in total. The molecule has 5 nitrogen and oxygen atoms in total. The topological polar surface area (TPSA) is 60.2 Å². The van der Waals surface area contributed by atoms with E-state index in [1.54, 1.807) is 18.2 Å². The first-order valence-electron chi connectivity index (χ1n) is 6.69. The van der Waals surface area contributed by atoms with Gasteiger partial charge in [0.1, 0.15) is 5.82 Å². The molecule has 106 valence electrons. The Labute approximate surface area is 116 Å². The first-order valence-corrected chi connectivity index (χ1v) is 6.69. The lowest BCUT2D eigenvalue weighted by molar-refractivity contribution is 0.185. The van der Waals surface area contributed by atoms with Crippen molar-refractivity contribution in [3.63, 3.8) is 0 Å². The normalized spacial score (nSPS) is 22.3. The van der Waals surface area contributed by atoms with E-state index in [0.717, 1.165) is 6.54 Å². The summed E-state index contributed by atoms with van der Waals surface area (Å²) in [5.41, 5.74) is 0.349. The van der Waals surface area contributed by atoms with Crippen LogP contribution in [-0.2, 0) is 4.74 Å². The summed E-state index contributed by atoms with van der Waals surface area (Å²) in [6, 6.07) is 6.55. The molecule has 1 saturated heterocycles. The Morgan fingerprint density at radius 1 is 1.35 bits per heavy atom. The van der Waals surface area contributed by atoms with Gasteiger partial charge in [0.25, 0.3) is 0 Å². The number of nitrogens with zero attached hydrogens (tertiary/aromatic N) is 2. The van der Waals surface area contributed by atoms with Crippen LogP contribution in [0.1, 0.15) is 18.7 Å². The molecule has 1 fully saturated rings. The molecule has 0 radical (unpaired) electrons. The lowest BCUT2D eigenvalue weighted by atomic mass is 10.0. The van der Waals surface area contributed by atoms with Crippen LogP contribution in [0.2, 0.25) is 0 Å². The van der Waals surface area contributed by atoms with Crippen molar-refractivity contribution < 1.29 is 13.7 Å². The molecule has 0 saturated carbocycles. The summed E-state index contributed by atoms with van der Waals surface area (Å²) in [5.74, 6) is 0.431. The molecule has 6 heteroatoms. The van der Waals surface area contributed by atoms with Crippen molar-refractivity contribution in [1.82, 2.24) is 15.5 Å². The van der Waals surface area contributed by atoms with Gasteiger partial charge in [0.15, 0.2) is 0 Å². The first kappa shape index (κ1) is 13.2. The number of rotatable bonds is 4. The van der Waals surface area contributed by atoms with Crippen LogP contribution >= 0.6 is 0 Å². The van der Waals surface area contributed by atoms with E-state index in [1.165, 1.54) is 6.07 Å². The maximum Gasteiger partial charge on any atom is 0.234 e. The van der Waals surface area contributed by atoms with E-state index in [-0.39, 0.29) is 23.6 Å². The summed E-state index contributed by atoms with van der Waals surface area (Å²) in [4.78, 5) is 4.32. The number of halogens is 1. The molecule has 2 aromatic rings. The monoisotopic (exact) mass is 277 g/mol. The lowest BCUT2D eigenvalue weighted by Gasteiger charge is -2.13. The number of nitrogens with one attached hydrogen (secondary N) is 1. The van der Waals surface area contributed by atoms with Gasteiger partial charge in [0.05, 0.1) is 24.7 Å². The second kappa shape index (κ2) is 5.68. The molecule has 0 amide bonds. The highest BCUT2D eigenvalue weighted by Crippen LogP contribution is 2.27. The highest BCUT2D eigenvalue weighted by molar-refractivity contribution is 5.54. The third-order valence-electron chi connectivity index (χ3n) is 3.42. The Bertz CT molecular complexity index is 587. The van der Waals surface area contributed by atoms with E-state index >= 15 is 0 Å². The van der Waals surface area contributed by atoms with Gasteiger partial charge in [0.2, 0.25) is 11.7 Å². The Morgan fingerprint density at radius 3 is 3.00 bits per heavy atom. The van der Waals surface area contributed by atoms with Crippen LogP contribution in [-0.4, -0.2) is 35.9 Å².